The number of alkyl carbamates (subject to hydrolysis) is 1. The fraction of sp³-hybridized carbons (Fsp3) is 0.423. The predicted molar refractivity (Wildman–Crippen MR) is 132 cm³/mol. The number of benzene rings is 2. The summed E-state index contributed by atoms with van der Waals surface area (Å²) in [5.74, 6) is -0.768. The van der Waals surface area contributed by atoms with Gasteiger partial charge in [0.05, 0.1) is 0 Å². The molecule has 2 aliphatic rings. The Balaban J connectivity index is 1.44. The summed E-state index contributed by atoms with van der Waals surface area (Å²) in [5, 5.41) is 12.3. The summed E-state index contributed by atoms with van der Waals surface area (Å²) in [5.41, 5.74) is 4.52. The first-order valence-corrected chi connectivity index (χ1v) is 13.0. The van der Waals surface area contributed by atoms with Crippen LogP contribution in [0.5, 0.6) is 0 Å². The van der Waals surface area contributed by atoms with Crippen LogP contribution >= 0.6 is 11.8 Å². The van der Waals surface area contributed by atoms with Crippen molar-refractivity contribution in [1.82, 2.24) is 10.2 Å². The van der Waals surface area contributed by atoms with Gasteiger partial charge in [0.1, 0.15) is 18.7 Å². The molecule has 0 spiro atoms. The molecule has 0 saturated carbocycles. The largest absolute Gasteiger partial charge is 0.480 e. The number of carboxylic acids is 1. The van der Waals surface area contributed by atoms with E-state index in [9.17, 15) is 19.5 Å². The minimum atomic E-state index is -1.00. The van der Waals surface area contributed by atoms with E-state index < -0.39 is 24.1 Å². The molecule has 2 unspecified atom stereocenters. The highest BCUT2D eigenvalue weighted by Gasteiger charge is 2.36. The normalized spacial score (nSPS) is 18.0. The molecule has 0 radical (unpaired) electrons. The van der Waals surface area contributed by atoms with Crippen molar-refractivity contribution in [3.8, 4) is 11.1 Å². The smallest absolute Gasteiger partial charge is 0.407 e. The highest BCUT2D eigenvalue weighted by atomic mass is 32.2. The van der Waals surface area contributed by atoms with E-state index in [0.29, 0.717) is 25.1 Å². The molecule has 2 aromatic rings. The predicted octanol–water partition coefficient (Wildman–Crippen LogP) is 4.11. The molecule has 4 rings (SSSR count). The minimum Gasteiger partial charge on any atom is -0.480 e. The van der Waals surface area contributed by atoms with Crippen molar-refractivity contribution in [2.24, 2.45) is 0 Å². The van der Waals surface area contributed by atoms with E-state index in [4.69, 9.17) is 4.74 Å². The third kappa shape index (κ3) is 5.06. The molecule has 1 saturated heterocycles. The van der Waals surface area contributed by atoms with Crippen molar-refractivity contribution in [1.29, 1.82) is 0 Å². The third-order valence-electron chi connectivity index (χ3n) is 6.62. The maximum Gasteiger partial charge on any atom is 0.407 e. The Morgan fingerprint density at radius 1 is 1.09 bits per heavy atom. The van der Waals surface area contributed by atoms with Gasteiger partial charge in [-0.1, -0.05) is 48.5 Å². The summed E-state index contributed by atoms with van der Waals surface area (Å²) >= 11 is 1.57. The van der Waals surface area contributed by atoms with Crippen LogP contribution in [0.2, 0.25) is 0 Å². The number of hydrogen-bond acceptors (Lipinski definition) is 5. The zero-order valence-corrected chi connectivity index (χ0v) is 20.1. The molecule has 8 heteroatoms. The Morgan fingerprint density at radius 2 is 1.74 bits per heavy atom. The number of rotatable bonds is 8. The van der Waals surface area contributed by atoms with E-state index in [1.807, 2.05) is 30.5 Å². The number of carboxylic acid groups (broad SMARTS) is 1. The SMILES string of the molecule is CSCCC(NC(=O)OCC1c2ccccc2-c2ccccc21)C(=O)N1CCCCC1C(=O)O. The van der Waals surface area contributed by atoms with E-state index in [1.165, 1.54) is 4.90 Å². The molecule has 7 nitrogen and oxygen atoms in total. The lowest BCUT2D eigenvalue weighted by Crippen LogP contribution is -2.55. The Labute approximate surface area is 203 Å². The van der Waals surface area contributed by atoms with Crippen LogP contribution in [-0.2, 0) is 14.3 Å². The molecule has 1 heterocycles. The topological polar surface area (TPSA) is 95.9 Å². The minimum absolute atomic E-state index is 0.0722. The summed E-state index contributed by atoms with van der Waals surface area (Å²) in [7, 11) is 0. The standard InChI is InChI=1S/C26H30N2O5S/c1-34-15-13-22(24(29)28-14-7-6-12-23(28)25(30)31)27-26(32)33-16-21-19-10-4-2-8-17(19)18-9-3-5-11-20(18)21/h2-5,8-11,21-23H,6-7,12-16H2,1H3,(H,27,32)(H,30,31). The summed E-state index contributed by atoms with van der Waals surface area (Å²) in [6.45, 7) is 0.544. The number of amides is 2. The molecule has 1 aliphatic carbocycles. The fourth-order valence-electron chi connectivity index (χ4n) is 4.93. The second-order valence-corrected chi connectivity index (χ2v) is 9.67. The van der Waals surface area contributed by atoms with Gasteiger partial charge in [0.2, 0.25) is 5.91 Å². The van der Waals surface area contributed by atoms with Gasteiger partial charge in [-0.25, -0.2) is 9.59 Å². The Morgan fingerprint density at radius 3 is 2.35 bits per heavy atom. The second kappa shape index (κ2) is 11.0. The highest BCUT2D eigenvalue weighted by molar-refractivity contribution is 7.98. The molecule has 180 valence electrons. The first-order chi connectivity index (χ1) is 16.5. The molecular formula is C26H30N2O5S. The van der Waals surface area contributed by atoms with Crippen LogP contribution in [0.4, 0.5) is 4.79 Å². The lowest BCUT2D eigenvalue weighted by molar-refractivity contribution is -0.152. The molecule has 2 amide bonds. The quantitative estimate of drug-likeness (QED) is 0.588. The first kappa shape index (κ1) is 24.1. The second-order valence-electron chi connectivity index (χ2n) is 8.69. The average molecular weight is 483 g/mol. The van der Waals surface area contributed by atoms with Gasteiger partial charge in [0.15, 0.2) is 0 Å². The number of thioether (sulfide) groups is 1. The number of aliphatic carboxylic acids is 1. The maximum absolute atomic E-state index is 13.2. The van der Waals surface area contributed by atoms with Gasteiger partial charge < -0.3 is 20.1 Å². The van der Waals surface area contributed by atoms with E-state index in [2.05, 4.69) is 29.6 Å². The number of ether oxygens (including phenoxy) is 1. The molecule has 2 N–H and O–H groups in total. The number of nitrogens with zero attached hydrogens (tertiary/aromatic N) is 1. The van der Waals surface area contributed by atoms with Crippen LogP contribution in [0.1, 0.15) is 42.7 Å². The summed E-state index contributed by atoms with van der Waals surface area (Å²) in [6.07, 6.45) is 3.64. The average Bonchev–Trinajstić information content (AvgIpc) is 3.18. The number of hydrogen-bond donors (Lipinski definition) is 2. The van der Waals surface area contributed by atoms with Gasteiger partial charge >= 0.3 is 12.1 Å². The van der Waals surface area contributed by atoms with Gasteiger partial charge in [-0.2, -0.15) is 11.8 Å². The van der Waals surface area contributed by atoms with E-state index in [-0.39, 0.29) is 18.4 Å². The zero-order chi connectivity index (χ0) is 24.1. The van der Waals surface area contributed by atoms with Crippen molar-refractivity contribution in [2.45, 2.75) is 43.7 Å². The van der Waals surface area contributed by atoms with Crippen molar-refractivity contribution in [3.05, 3.63) is 59.7 Å². The molecule has 34 heavy (non-hydrogen) atoms. The molecule has 1 fully saturated rings. The monoisotopic (exact) mass is 482 g/mol. The molecule has 1 aliphatic heterocycles. The lowest BCUT2D eigenvalue weighted by atomic mass is 9.98. The number of likely N-dealkylation sites (tertiary alicyclic amines) is 1. The van der Waals surface area contributed by atoms with Gasteiger partial charge in [-0.3, -0.25) is 4.79 Å². The Bertz CT molecular complexity index is 1010. The van der Waals surface area contributed by atoms with Crippen molar-refractivity contribution in [2.75, 3.05) is 25.2 Å². The van der Waals surface area contributed by atoms with E-state index >= 15 is 0 Å². The van der Waals surface area contributed by atoms with Crippen LogP contribution in [0, 0.1) is 0 Å². The van der Waals surface area contributed by atoms with Crippen LogP contribution in [-0.4, -0.2) is 65.2 Å². The van der Waals surface area contributed by atoms with Crippen LogP contribution in [0.15, 0.2) is 48.5 Å². The van der Waals surface area contributed by atoms with E-state index in [0.717, 1.165) is 35.1 Å². The van der Waals surface area contributed by atoms with Crippen LogP contribution in [0.3, 0.4) is 0 Å². The van der Waals surface area contributed by atoms with Crippen molar-refractivity contribution in [3.63, 3.8) is 0 Å². The lowest BCUT2D eigenvalue weighted by Gasteiger charge is -2.35. The van der Waals surface area contributed by atoms with Gasteiger partial charge in [0.25, 0.3) is 0 Å². The van der Waals surface area contributed by atoms with Crippen LogP contribution < -0.4 is 5.32 Å². The summed E-state index contributed by atoms with van der Waals surface area (Å²) < 4.78 is 5.62. The maximum atomic E-state index is 13.2. The number of carbonyl (C=O) groups is 3. The number of fused-ring (bicyclic) bond motifs is 3. The third-order valence-corrected chi connectivity index (χ3v) is 7.26. The highest BCUT2D eigenvalue weighted by Crippen LogP contribution is 2.44. The fourth-order valence-corrected chi connectivity index (χ4v) is 5.40. The Kier molecular flexibility index (Phi) is 7.77. The number of nitrogens with one attached hydrogen (secondary N) is 1. The molecule has 2 aromatic carbocycles. The number of carbonyl (C=O) groups excluding carboxylic acids is 2. The summed E-state index contributed by atoms with van der Waals surface area (Å²) in [4.78, 5) is 39.1. The first-order valence-electron chi connectivity index (χ1n) is 11.6. The van der Waals surface area contributed by atoms with Crippen LogP contribution in [0.25, 0.3) is 11.1 Å². The molecule has 0 bridgehead atoms. The molecule has 2 atom stereocenters. The molecular weight excluding hydrogens is 452 g/mol. The molecule has 0 aromatic heterocycles. The summed E-state index contributed by atoms with van der Waals surface area (Å²) in [6, 6.07) is 14.5. The number of piperidine rings is 1. The zero-order valence-electron chi connectivity index (χ0n) is 19.2. The van der Waals surface area contributed by atoms with Gasteiger partial charge in [-0.05, 0) is 59.9 Å². The van der Waals surface area contributed by atoms with Gasteiger partial charge in [-0.15, -0.1) is 0 Å². The van der Waals surface area contributed by atoms with E-state index in [1.54, 1.807) is 11.8 Å². The Hall–Kier alpha value is -3.00. The van der Waals surface area contributed by atoms with Crippen molar-refractivity contribution < 1.29 is 24.2 Å². The van der Waals surface area contributed by atoms with Crippen molar-refractivity contribution >= 4 is 29.7 Å². The van der Waals surface area contributed by atoms with Gasteiger partial charge in [0, 0.05) is 12.5 Å².